The van der Waals surface area contributed by atoms with E-state index >= 15 is 0 Å². The minimum atomic E-state index is -0.416. The smallest absolute Gasteiger partial charge is 0.272 e. The third-order valence-electron chi connectivity index (χ3n) is 2.25. The number of carbonyl (C=O) groups excluding carboxylic acids is 1. The van der Waals surface area contributed by atoms with Gasteiger partial charge in [-0.3, -0.25) is 14.9 Å². The maximum Gasteiger partial charge on any atom is 0.272 e. The Kier molecular flexibility index (Phi) is 3.55. The molecule has 0 saturated carbocycles. The molecule has 0 unspecified atom stereocenters. The maximum absolute atomic E-state index is 11.2. The van der Waals surface area contributed by atoms with E-state index in [0.717, 1.165) is 5.56 Å². The number of ketones is 1. The zero-order valence-corrected chi connectivity index (χ0v) is 8.82. The summed E-state index contributed by atoms with van der Waals surface area (Å²) < 4.78 is 0. The molecule has 0 bridgehead atoms. The molecule has 0 saturated heterocycles. The Morgan fingerprint density at radius 1 is 1.47 bits per heavy atom. The Hall–Kier alpha value is -1.71. The van der Waals surface area contributed by atoms with Crippen LogP contribution in [0.3, 0.4) is 0 Å². The Bertz CT molecular complexity index is 399. The number of hydrogen-bond donors (Lipinski definition) is 0. The van der Waals surface area contributed by atoms with E-state index in [-0.39, 0.29) is 11.5 Å². The van der Waals surface area contributed by atoms with Gasteiger partial charge in [-0.1, -0.05) is 13.0 Å². The Morgan fingerprint density at radius 3 is 2.60 bits per heavy atom. The molecule has 0 spiro atoms. The number of rotatable bonds is 4. The van der Waals surface area contributed by atoms with Gasteiger partial charge in [-0.05, 0) is 18.6 Å². The number of carbonyl (C=O) groups is 1. The predicted octanol–water partition coefficient (Wildman–Crippen LogP) is 2.42. The number of aryl methyl sites for hydroxylation is 1. The molecule has 4 heteroatoms. The minimum absolute atomic E-state index is 0.0997. The fourth-order valence-corrected chi connectivity index (χ4v) is 1.39. The van der Waals surface area contributed by atoms with Gasteiger partial charge in [0.25, 0.3) is 5.69 Å². The van der Waals surface area contributed by atoms with Crippen LogP contribution in [-0.2, 0) is 11.2 Å². The molecule has 1 aromatic rings. The lowest BCUT2D eigenvalue weighted by Gasteiger charge is -2.01. The molecule has 0 amide bonds. The van der Waals surface area contributed by atoms with Crippen LogP contribution < -0.4 is 0 Å². The first-order valence-electron chi connectivity index (χ1n) is 4.80. The first kappa shape index (κ1) is 11.4. The van der Waals surface area contributed by atoms with Gasteiger partial charge < -0.3 is 0 Å². The van der Waals surface area contributed by atoms with Crippen molar-refractivity contribution in [1.82, 2.24) is 0 Å². The average molecular weight is 207 g/mol. The van der Waals surface area contributed by atoms with Gasteiger partial charge in [-0.2, -0.15) is 0 Å². The summed E-state index contributed by atoms with van der Waals surface area (Å²) in [5, 5.41) is 10.6. The Balaban J connectivity index is 2.91. The molecule has 0 heterocycles. The number of hydrogen-bond acceptors (Lipinski definition) is 3. The minimum Gasteiger partial charge on any atom is -0.299 e. The normalized spacial score (nSPS) is 10.0. The van der Waals surface area contributed by atoms with E-state index in [0.29, 0.717) is 18.4 Å². The fraction of sp³-hybridized carbons (Fsp3) is 0.364. The highest BCUT2D eigenvalue weighted by Crippen LogP contribution is 2.19. The largest absolute Gasteiger partial charge is 0.299 e. The van der Waals surface area contributed by atoms with E-state index in [1.165, 1.54) is 6.07 Å². The zero-order valence-electron chi connectivity index (χ0n) is 8.82. The van der Waals surface area contributed by atoms with Gasteiger partial charge in [0.15, 0.2) is 0 Å². The maximum atomic E-state index is 11.2. The molecule has 0 aliphatic carbocycles. The van der Waals surface area contributed by atoms with E-state index in [1.807, 2.05) is 0 Å². The van der Waals surface area contributed by atoms with Crippen molar-refractivity contribution in [1.29, 1.82) is 0 Å². The topological polar surface area (TPSA) is 60.2 Å². The van der Waals surface area contributed by atoms with Crippen LogP contribution in [0.2, 0.25) is 0 Å². The summed E-state index contributed by atoms with van der Waals surface area (Å²) in [6.07, 6.45) is 0.853. The van der Waals surface area contributed by atoms with Crippen molar-refractivity contribution in [2.24, 2.45) is 0 Å². The van der Waals surface area contributed by atoms with Crippen molar-refractivity contribution in [3.63, 3.8) is 0 Å². The monoisotopic (exact) mass is 207 g/mol. The third-order valence-corrected chi connectivity index (χ3v) is 2.25. The predicted molar refractivity (Wildman–Crippen MR) is 56.8 cm³/mol. The lowest BCUT2D eigenvalue weighted by atomic mass is 10.0. The lowest BCUT2D eigenvalue weighted by molar-refractivity contribution is -0.385. The quantitative estimate of drug-likeness (QED) is 0.562. The lowest BCUT2D eigenvalue weighted by Crippen LogP contribution is -2.01. The van der Waals surface area contributed by atoms with Gasteiger partial charge in [0, 0.05) is 24.5 Å². The summed E-state index contributed by atoms with van der Waals surface area (Å²) in [6.45, 7) is 3.48. The van der Waals surface area contributed by atoms with Crippen LogP contribution in [0.4, 0.5) is 5.69 Å². The van der Waals surface area contributed by atoms with Gasteiger partial charge in [0.05, 0.1) is 4.92 Å². The molecule has 0 aliphatic rings. The van der Waals surface area contributed by atoms with E-state index in [4.69, 9.17) is 0 Å². The van der Waals surface area contributed by atoms with E-state index < -0.39 is 4.92 Å². The van der Waals surface area contributed by atoms with Crippen LogP contribution in [0.15, 0.2) is 18.2 Å². The molecule has 80 valence electrons. The van der Waals surface area contributed by atoms with Crippen LogP contribution in [0.5, 0.6) is 0 Å². The number of nitrogens with zero attached hydrogens (tertiary/aromatic N) is 1. The van der Waals surface area contributed by atoms with Crippen LogP contribution in [0, 0.1) is 17.0 Å². The van der Waals surface area contributed by atoms with Crippen molar-refractivity contribution >= 4 is 11.5 Å². The second-order valence-corrected chi connectivity index (χ2v) is 3.45. The second-order valence-electron chi connectivity index (χ2n) is 3.45. The SMILES string of the molecule is CCC(=O)Cc1ccc([N+](=O)[O-])c(C)c1. The molecular weight excluding hydrogens is 194 g/mol. The second kappa shape index (κ2) is 4.68. The Labute approximate surface area is 88.1 Å². The standard InChI is InChI=1S/C11H13NO3/c1-3-10(13)7-9-4-5-11(12(14)15)8(2)6-9/h4-6H,3,7H2,1-2H3. The summed E-state index contributed by atoms with van der Waals surface area (Å²) in [7, 11) is 0. The third kappa shape index (κ3) is 2.87. The van der Waals surface area contributed by atoms with E-state index in [2.05, 4.69) is 0 Å². The van der Waals surface area contributed by atoms with Crippen molar-refractivity contribution in [3.8, 4) is 0 Å². The highest BCUT2D eigenvalue weighted by molar-refractivity contribution is 5.80. The molecule has 1 rings (SSSR count). The van der Waals surface area contributed by atoms with Crippen LogP contribution >= 0.6 is 0 Å². The summed E-state index contributed by atoms with van der Waals surface area (Å²) in [5.41, 5.74) is 1.54. The molecule has 0 aromatic heterocycles. The molecule has 0 fully saturated rings. The molecule has 1 aromatic carbocycles. The van der Waals surface area contributed by atoms with Gasteiger partial charge in [-0.25, -0.2) is 0 Å². The van der Waals surface area contributed by atoms with Crippen molar-refractivity contribution in [3.05, 3.63) is 39.4 Å². The fourth-order valence-electron chi connectivity index (χ4n) is 1.39. The molecule has 0 aliphatic heterocycles. The molecule has 15 heavy (non-hydrogen) atoms. The first-order valence-corrected chi connectivity index (χ1v) is 4.80. The van der Waals surface area contributed by atoms with Crippen molar-refractivity contribution < 1.29 is 9.72 Å². The number of nitro benzene ring substituents is 1. The number of nitro groups is 1. The molecule has 0 atom stereocenters. The molecule has 0 radical (unpaired) electrons. The Morgan fingerprint density at radius 2 is 2.13 bits per heavy atom. The van der Waals surface area contributed by atoms with Crippen LogP contribution in [0.25, 0.3) is 0 Å². The molecule has 4 nitrogen and oxygen atoms in total. The summed E-state index contributed by atoms with van der Waals surface area (Å²) >= 11 is 0. The molecule has 0 N–H and O–H groups in total. The van der Waals surface area contributed by atoms with E-state index in [9.17, 15) is 14.9 Å². The first-order chi connectivity index (χ1) is 7.04. The van der Waals surface area contributed by atoms with Gasteiger partial charge >= 0.3 is 0 Å². The summed E-state index contributed by atoms with van der Waals surface area (Å²) in [4.78, 5) is 21.3. The van der Waals surface area contributed by atoms with Crippen molar-refractivity contribution in [2.75, 3.05) is 0 Å². The summed E-state index contributed by atoms with van der Waals surface area (Å²) in [6, 6.07) is 4.79. The average Bonchev–Trinajstić information content (AvgIpc) is 2.17. The van der Waals surface area contributed by atoms with Crippen LogP contribution in [-0.4, -0.2) is 10.7 Å². The van der Waals surface area contributed by atoms with Crippen molar-refractivity contribution in [2.45, 2.75) is 26.7 Å². The highest BCUT2D eigenvalue weighted by atomic mass is 16.6. The number of benzene rings is 1. The highest BCUT2D eigenvalue weighted by Gasteiger charge is 2.10. The zero-order chi connectivity index (χ0) is 11.4. The number of Topliss-reactive ketones (excluding diaryl/α,β-unsaturated/α-hetero) is 1. The van der Waals surface area contributed by atoms with Gasteiger partial charge in [0.2, 0.25) is 0 Å². The van der Waals surface area contributed by atoms with Gasteiger partial charge in [-0.15, -0.1) is 0 Å². The molecular formula is C11H13NO3. The van der Waals surface area contributed by atoms with Crippen LogP contribution in [0.1, 0.15) is 24.5 Å². The van der Waals surface area contributed by atoms with E-state index in [1.54, 1.807) is 26.0 Å². The van der Waals surface area contributed by atoms with Gasteiger partial charge in [0.1, 0.15) is 5.78 Å². The summed E-state index contributed by atoms with van der Waals surface area (Å²) in [5.74, 6) is 0.142.